The van der Waals surface area contributed by atoms with E-state index in [2.05, 4.69) is 25.6 Å². The van der Waals surface area contributed by atoms with Crippen molar-refractivity contribution in [3.8, 4) is 0 Å². The first kappa shape index (κ1) is 13.5. The van der Waals surface area contributed by atoms with Gasteiger partial charge in [-0.2, -0.15) is 0 Å². The number of pyridine rings is 1. The molecular formula is C11H11BrN2O2S2. The molecule has 1 N–H and O–H groups in total. The van der Waals surface area contributed by atoms with Crippen molar-refractivity contribution in [2.45, 2.75) is 18.1 Å². The molecule has 0 saturated heterocycles. The highest BCUT2D eigenvalue weighted by Crippen LogP contribution is 2.31. The van der Waals surface area contributed by atoms with Crippen LogP contribution in [0.5, 0.6) is 0 Å². The highest BCUT2D eigenvalue weighted by atomic mass is 79.9. The first-order valence-corrected chi connectivity index (χ1v) is 8.20. The number of sulfonamides is 1. The van der Waals surface area contributed by atoms with E-state index in [0.29, 0.717) is 5.82 Å². The number of aromatic nitrogens is 1. The van der Waals surface area contributed by atoms with Crippen molar-refractivity contribution in [2.75, 3.05) is 4.72 Å². The van der Waals surface area contributed by atoms with E-state index in [1.165, 1.54) is 11.3 Å². The lowest BCUT2D eigenvalue weighted by atomic mass is 10.4. The van der Waals surface area contributed by atoms with Crippen molar-refractivity contribution >= 4 is 43.1 Å². The average molecular weight is 347 g/mol. The minimum Gasteiger partial charge on any atom is -0.263 e. The maximum atomic E-state index is 12.1. The van der Waals surface area contributed by atoms with Gasteiger partial charge in [0.15, 0.2) is 0 Å². The Balaban J connectivity index is 2.33. The molecule has 7 heteroatoms. The maximum Gasteiger partial charge on any atom is 0.272 e. The lowest BCUT2D eigenvalue weighted by molar-refractivity contribution is 0.603. The molecule has 2 aromatic heterocycles. The largest absolute Gasteiger partial charge is 0.272 e. The molecule has 0 bridgehead atoms. The molecule has 0 radical (unpaired) electrons. The van der Waals surface area contributed by atoms with Gasteiger partial charge in [0.05, 0.1) is 3.79 Å². The normalized spacial score (nSPS) is 11.5. The Hall–Kier alpha value is -0.920. The third-order valence-electron chi connectivity index (χ3n) is 2.23. The molecule has 0 atom stereocenters. The van der Waals surface area contributed by atoms with Crippen LogP contribution in [0.2, 0.25) is 0 Å². The first-order chi connectivity index (χ1) is 8.38. The molecule has 2 rings (SSSR count). The van der Waals surface area contributed by atoms with Gasteiger partial charge in [0.25, 0.3) is 10.0 Å². The van der Waals surface area contributed by atoms with E-state index in [1.807, 2.05) is 19.9 Å². The van der Waals surface area contributed by atoms with E-state index in [4.69, 9.17) is 0 Å². The number of rotatable bonds is 3. The molecule has 4 nitrogen and oxygen atoms in total. The molecule has 2 heterocycles. The maximum absolute atomic E-state index is 12.1. The van der Waals surface area contributed by atoms with Gasteiger partial charge >= 0.3 is 0 Å². The lowest BCUT2D eigenvalue weighted by Gasteiger charge is -2.05. The summed E-state index contributed by atoms with van der Waals surface area (Å²) in [4.78, 5) is 4.12. The quantitative estimate of drug-likeness (QED) is 0.927. The number of aryl methyl sites for hydroxylation is 2. The van der Waals surface area contributed by atoms with Gasteiger partial charge in [-0.3, -0.25) is 4.72 Å². The molecule has 18 heavy (non-hydrogen) atoms. The molecule has 0 spiro atoms. The van der Waals surface area contributed by atoms with E-state index >= 15 is 0 Å². The molecule has 2 aromatic rings. The number of anilines is 1. The van der Waals surface area contributed by atoms with E-state index in [-0.39, 0.29) is 4.21 Å². The summed E-state index contributed by atoms with van der Waals surface area (Å²) >= 11 is 4.50. The highest BCUT2D eigenvalue weighted by molar-refractivity contribution is 9.11. The molecule has 0 unspecified atom stereocenters. The van der Waals surface area contributed by atoms with Gasteiger partial charge in [-0.15, -0.1) is 11.3 Å². The fraction of sp³-hybridized carbons (Fsp3) is 0.182. The monoisotopic (exact) mass is 346 g/mol. The van der Waals surface area contributed by atoms with Crippen LogP contribution in [-0.2, 0) is 10.0 Å². The number of nitrogens with one attached hydrogen (secondary N) is 1. The summed E-state index contributed by atoms with van der Waals surface area (Å²) in [6.45, 7) is 3.66. The van der Waals surface area contributed by atoms with Crippen molar-refractivity contribution in [2.24, 2.45) is 0 Å². The Morgan fingerprint density at radius 3 is 2.61 bits per heavy atom. The van der Waals surface area contributed by atoms with Crippen LogP contribution in [0.1, 0.15) is 11.3 Å². The van der Waals surface area contributed by atoms with Crippen LogP contribution < -0.4 is 4.72 Å². The Morgan fingerprint density at radius 2 is 2.06 bits per heavy atom. The molecule has 0 aliphatic rings. The van der Waals surface area contributed by atoms with Gasteiger partial charge in [0, 0.05) is 5.69 Å². The van der Waals surface area contributed by atoms with Crippen molar-refractivity contribution in [3.05, 3.63) is 39.3 Å². The highest BCUT2D eigenvalue weighted by Gasteiger charge is 2.18. The Labute approximate surface area is 118 Å². The van der Waals surface area contributed by atoms with Crippen molar-refractivity contribution in [1.29, 1.82) is 0 Å². The summed E-state index contributed by atoms with van der Waals surface area (Å²) in [7, 11) is -3.56. The number of thiophene rings is 1. The molecule has 0 amide bonds. The molecule has 0 aliphatic heterocycles. The fourth-order valence-electron chi connectivity index (χ4n) is 1.35. The third kappa shape index (κ3) is 2.90. The minimum absolute atomic E-state index is 0.273. The summed E-state index contributed by atoms with van der Waals surface area (Å²) in [5.74, 6) is 0.331. The summed E-state index contributed by atoms with van der Waals surface area (Å²) in [6, 6.07) is 6.83. The molecule has 96 valence electrons. The second kappa shape index (κ2) is 4.99. The SMILES string of the molecule is Cc1cccc(NS(=O)(=O)c2cc(C)c(Br)s2)n1. The van der Waals surface area contributed by atoms with Crippen molar-refractivity contribution in [1.82, 2.24) is 4.98 Å². The Bertz CT molecular complexity index is 661. The van der Waals surface area contributed by atoms with Crippen LogP contribution in [0, 0.1) is 13.8 Å². The van der Waals surface area contributed by atoms with Crippen LogP contribution in [0.3, 0.4) is 0 Å². The zero-order chi connectivity index (χ0) is 13.3. The van der Waals surface area contributed by atoms with Crippen molar-refractivity contribution < 1.29 is 8.42 Å². The van der Waals surface area contributed by atoms with Gasteiger partial charge in [-0.05, 0) is 53.5 Å². The molecular weight excluding hydrogens is 336 g/mol. The van der Waals surface area contributed by atoms with E-state index in [1.54, 1.807) is 18.2 Å². The van der Waals surface area contributed by atoms with Crippen LogP contribution in [0.25, 0.3) is 0 Å². The summed E-state index contributed by atoms with van der Waals surface area (Å²) in [5, 5.41) is 0. The number of hydrogen-bond donors (Lipinski definition) is 1. The first-order valence-electron chi connectivity index (χ1n) is 5.11. The third-order valence-corrected chi connectivity index (χ3v) is 6.19. The second-order valence-electron chi connectivity index (χ2n) is 3.79. The summed E-state index contributed by atoms with van der Waals surface area (Å²) in [6.07, 6.45) is 0. The van der Waals surface area contributed by atoms with E-state index < -0.39 is 10.0 Å². The number of nitrogens with zero attached hydrogens (tertiary/aromatic N) is 1. The van der Waals surface area contributed by atoms with Gasteiger partial charge in [-0.1, -0.05) is 6.07 Å². The van der Waals surface area contributed by atoms with Gasteiger partial charge in [-0.25, -0.2) is 13.4 Å². The predicted octanol–water partition coefficient (Wildman–Crippen LogP) is 3.32. The molecule has 0 saturated carbocycles. The minimum atomic E-state index is -3.56. The topological polar surface area (TPSA) is 59.1 Å². The number of hydrogen-bond acceptors (Lipinski definition) is 4. The van der Waals surface area contributed by atoms with Crippen LogP contribution >= 0.6 is 27.3 Å². The van der Waals surface area contributed by atoms with Crippen LogP contribution in [0.15, 0.2) is 32.3 Å². The van der Waals surface area contributed by atoms with Crippen molar-refractivity contribution in [3.63, 3.8) is 0 Å². The summed E-state index contributed by atoms with van der Waals surface area (Å²) in [5.41, 5.74) is 1.66. The second-order valence-corrected chi connectivity index (χ2v) is 8.07. The zero-order valence-corrected chi connectivity index (χ0v) is 13.0. The van der Waals surface area contributed by atoms with Crippen LogP contribution in [-0.4, -0.2) is 13.4 Å². The average Bonchev–Trinajstić information content (AvgIpc) is 2.59. The number of halogens is 1. The van der Waals surface area contributed by atoms with Crippen LogP contribution in [0.4, 0.5) is 5.82 Å². The van der Waals surface area contributed by atoms with E-state index in [0.717, 1.165) is 15.0 Å². The summed E-state index contributed by atoms with van der Waals surface area (Å²) < 4.78 is 27.8. The smallest absolute Gasteiger partial charge is 0.263 e. The van der Waals surface area contributed by atoms with Gasteiger partial charge < -0.3 is 0 Å². The Kier molecular flexibility index (Phi) is 3.74. The standard InChI is InChI=1S/C11H11BrN2O2S2/c1-7-6-10(17-11(7)12)18(15,16)14-9-5-3-4-8(2)13-9/h3-6H,1-2H3,(H,13,14). The lowest BCUT2D eigenvalue weighted by Crippen LogP contribution is -2.12. The Morgan fingerprint density at radius 1 is 1.33 bits per heavy atom. The predicted molar refractivity (Wildman–Crippen MR) is 76.5 cm³/mol. The van der Waals surface area contributed by atoms with Gasteiger partial charge in [0.2, 0.25) is 0 Å². The molecule has 0 aromatic carbocycles. The zero-order valence-electron chi connectivity index (χ0n) is 9.77. The molecule has 0 fully saturated rings. The van der Waals surface area contributed by atoms with Gasteiger partial charge in [0.1, 0.15) is 10.0 Å². The fourth-order valence-corrected chi connectivity index (χ4v) is 4.58. The molecule has 0 aliphatic carbocycles. The van der Waals surface area contributed by atoms with E-state index in [9.17, 15) is 8.42 Å².